The maximum atomic E-state index is 13.0. The first-order chi connectivity index (χ1) is 9.27. The van der Waals surface area contributed by atoms with Gasteiger partial charge in [-0.2, -0.15) is 0 Å². The van der Waals surface area contributed by atoms with Crippen molar-refractivity contribution in [3.63, 3.8) is 0 Å². The van der Waals surface area contributed by atoms with E-state index in [1.807, 2.05) is 30.5 Å². The summed E-state index contributed by atoms with van der Waals surface area (Å²) in [5.74, 6) is 0.325. The van der Waals surface area contributed by atoms with Gasteiger partial charge in [-0.3, -0.25) is 9.78 Å². The normalized spacial score (nSPS) is 17.7. The highest BCUT2D eigenvalue weighted by molar-refractivity contribution is 6.10. The number of carbonyl (C=O) groups excluding carboxylic acids is 1. The summed E-state index contributed by atoms with van der Waals surface area (Å²) in [6.45, 7) is 2.15. The summed E-state index contributed by atoms with van der Waals surface area (Å²) in [5.41, 5.74) is 0.735. The lowest BCUT2D eigenvalue weighted by atomic mass is 9.76. The van der Waals surface area contributed by atoms with Crippen LogP contribution in [0.2, 0.25) is 0 Å². The molecule has 1 aromatic heterocycles. The molecule has 1 aliphatic rings. The number of pyridine rings is 1. The van der Waals surface area contributed by atoms with Crippen molar-refractivity contribution >= 4 is 16.6 Å². The van der Waals surface area contributed by atoms with Crippen LogP contribution in [0.15, 0.2) is 36.7 Å². The highest BCUT2D eigenvalue weighted by Gasteiger charge is 2.40. The number of fused-ring (bicyclic) bond motifs is 1. The standard InChI is InChI=1S/C17H19NO/c1-2-17(9-3-4-10-17)16(19)14-7-5-6-13-8-11-18-12-15(13)14/h5-8,11-12H,2-4,9-10H2,1H3. The van der Waals surface area contributed by atoms with Gasteiger partial charge < -0.3 is 0 Å². The lowest BCUT2D eigenvalue weighted by Crippen LogP contribution is -2.27. The van der Waals surface area contributed by atoms with Gasteiger partial charge in [0.15, 0.2) is 5.78 Å². The van der Waals surface area contributed by atoms with Gasteiger partial charge in [-0.15, -0.1) is 0 Å². The van der Waals surface area contributed by atoms with Crippen LogP contribution in [-0.2, 0) is 0 Å². The second-order valence-corrected chi connectivity index (χ2v) is 5.57. The van der Waals surface area contributed by atoms with Crippen LogP contribution in [0.5, 0.6) is 0 Å². The Morgan fingerprint density at radius 1 is 1.26 bits per heavy atom. The first-order valence-corrected chi connectivity index (χ1v) is 7.14. The molecule has 2 aromatic rings. The lowest BCUT2D eigenvalue weighted by molar-refractivity contribution is 0.0793. The summed E-state index contributed by atoms with van der Waals surface area (Å²) in [4.78, 5) is 17.2. The Labute approximate surface area is 113 Å². The molecule has 0 amide bonds. The molecule has 0 spiro atoms. The highest BCUT2D eigenvalue weighted by Crippen LogP contribution is 2.44. The molecule has 1 heterocycles. The molecule has 0 atom stereocenters. The van der Waals surface area contributed by atoms with Crippen molar-refractivity contribution < 1.29 is 4.79 Å². The van der Waals surface area contributed by atoms with Gasteiger partial charge in [-0.05, 0) is 30.7 Å². The van der Waals surface area contributed by atoms with Crippen molar-refractivity contribution in [3.8, 4) is 0 Å². The monoisotopic (exact) mass is 253 g/mol. The van der Waals surface area contributed by atoms with Crippen LogP contribution in [0.4, 0.5) is 0 Å². The van der Waals surface area contributed by atoms with E-state index in [0.717, 1.165) is 35.6 Å². The third-order valence-corrected chi connectivity index (χ3v) is 4.65. The van der Waals surface area contributed by atoms with E-state index in [4.69, 9.17) is 0 Å². The minimum Gasteiger partial charge on any atom is -0.294 e. The van der Waals surface area contributed by atoms with E-state index in [1.54, 1.807) is 6.20 Å². The Bertz CT molecular complexity index is 606. The van der Waals surface area contributed by atoms with Crippen molar-refractivity contribution in [1.29, 1.82) is 0 Å². The zero-order chi connectivity index (χ0) is 13.3. The molecule has 0 aliphatic heterocycles. The molecule has 98 valence electrons. The quantitative estimate of drug-likeness (QED) is 0.759. The topological polar surface area (TPSA) is 30.0 Å². The van der Waals surface area contributed by atoms with Crippen LogP contribution in [0.25, 0.3) is 10.8 Å². The maximum Gasteiger partial charge on any atom is 0.169 e. The molecule has 0 N–H and O–H groups in total. The fourth-order valence-corrected chi connectivity index (χ4v) is 3.39. The van der Waals surface area contributed by atoms with Crippen molar-refractivity contribution in [1.82, 2.24) is 4.98 Å². The van der Waals surface area contributed by atoms with Crippen LogP contribution in [0.1, 0.15) is 49.4 Å². The first-order valence-electron chi connectivity index (χ1n) is 7.14. The summed E-state index contributed by atoms with van der Waals surface area (Å²) >= 11 is 0. The number of benzene rings is 1. The van der Waals surface area contributed by atoms with Gasteiger partial charge in [-0.1, -0.05) is 38.0 Å². The predicted octanol–water partition coefficient (Wildman–Crippen LogP) is 4.39. The summed E-state index contributed by atoms with van der Waals surface area (Å²) in [7, 11) is 0. The molecule has 0 unspecified atom stereocenters. The van der Waals surface area contributed by atoms with Crippen molar-refractivity contribution in [2.45, 2.75) is 39.0 Å². The maximum absolute atomic E-state index is 13.0. The number of aromatic nitrogens is 1. The molecule has 0 radical (unpaired) electrons. The Morgan fingerprint density at radius 3 is 2.79 bits per heavy atom. The number of rotatable bonds is 3. The van der Waals surface area contributed by atoms with E-state index in [0.29, 0.717) is 5.78 Å². The molecule has 1 saturated carbocycles. The van der Waals surface area contributed by atoms with E-state index in [-0.39, 0.29) is 5.41 Å². The average molecular weight is 253 g/mol. The van der Waals surface area contributed by atoms with Gasteiger partial charge in [-0.25, -0.2) is 0 Å². The summed E-state index contributed by atoms with van der Waals surface area (Å²) < 4.78 is 0. The largest absolute Gasteiger partial charge is 0.294 e. The van der Waals surface area contributed by atoms with Gasteiger partial charge in [0.25, 0.3) is 0 Å². The van der Waals surface area contributed by atoms with Crippen LogP contribution in [0.3, 0.4) is 0 Å². The Balaban J connectivity index is 2.11. The molecule has 0 saturated heterocycles. The van der Waals surface area contributed by atoms with Crippen LogP contribution in [0, 0.1) is 5.41 Å². The third kappa shape index (κ3) is 1.95. The number of Topliss-reactive ketones (excluding diaryl/α,β-unsaturated/α-hetero) is 1. The molecule has 1 aliphatic carbocycles. The number of ketones is 1. The van der Waals surface area contributed by atoms with Crippen molar-refractivity contribution in [2.75, 3.05) is 0 Å². The van der Waals surface area contributed by atoms with Gasteiger partial charge in [0, 0.05) is 28.8 Å². The van der Waals surface area contributed by atoms with E-state index in [2.05, 4.69) is 11.9 Å². The third-order valence-electron chi connectivity index (χ3n) is 4.65. The Kier molecular flexibility index (Phi) is 3.09. The van der Waals surface area contributed by atoms with E-state index < -0.39 is 0 Å². The molecule has 3 rings (SSSR count). The molecule has 2 nitrogen and oxygen atoms in total. The van der Waals surface area contributed by atoms with E-state index in [1.165, 1.54) is 12.8 Å². The minimum atomic E-state index is -0.121. The molecule has 1 fully saturated rings. The second-order valence-electron chi connectivity index (χ2n) is 5.57. The Hall–Kier alpha value is -1.70. The number of carbonyl (C=O) groups is 1. The van der Waals surface area contributed by atoms with E-state index >= 15 is 0 Å². The second kappa shape index (κ2) is 4.76. The molecular formula is C17H19NO. The highest BCUT2D eigenvalue weighted by atomic mass is 16.1. The molecule has 1 aromatic carbocycles. The molecule has 19 heavy (non-hydrogen) atoms. The number of nitrogens with zero attached hydrogens (tertiary/aromatic N) is 1. The molecule has 0 bridgehead atoms. The fourth-order valence-electron chi connectivity index (χ4n) is 3.39. The number of hydrogen-bond acceptors (Lipinski definition) is 2. The number of hydrogen-bond donors (Lipinski definition) is 0. The minimum absolute atomic E-state index is 0.121. The van der Waals surface area contributed by atoms with Crippen LogP contribution in [-0.4, -0.2) is 10.8 Å². The smallest absolute Gasteiger partial charge is 0.169 e. The van der Waals surface area contributed by atoms with Crippen LogP contribution >= 0.6 is 0 Å². The average Bonchev–Trinajstić information content (AvgIpc) is 2.96. The van der Waals surface area contributed by atoms with Gasteiger partial charge >= 0.3 is 0 Å². The van der Waals surface area contributed by atoms with Gasteiger partial charge in [0.2, 0.25) is 0 Å². The molecular weight excluding hydrogens is 234 g/mol. The van der Waals surface area contributed by atoms with Crippen molar-refractivity contribution in [3.05, 3.63) is 42.2 Å². The van der Waals surface area contributed by atoms with E-state index in [9.17, 15) is 4.79 Å². The zero-order valence-corrected chi connectivity index (χ0v) is 11.4. The SMILES string of the molecule is CCC1(C(=O)c2cccc3ccncc23)CCCC1. The van der Waals surface area contributed by atoms with Crippen molar-refractivity contribution in [2.24, 2.45) is 5.41 Å². The summed E-state index contributed by atoms with van der Waals surface area (Å²) in [6, 6.07) is 7.95. The lowest BCUT2D eigenvalue weighted by Gasteiger charge is -2.26. The summed E-state index contributed by atoms with van der Waals surface area (Å²) in [6.07, 6.45) is 8.99. The van der Waals surface area contributed by atoms with Gasteiger partial charge in [0.05, 0.1) is 0 Å². The predicted molar refractivity (Wildman–Crippen MR) is 77.3 cm³/mol. The Morgan fingerprint density at radius 2 is 2.05 bits per heavy atom. The van der Waals surface area contributed by atoms with Gasteiger partial charge in [0.1, 0.15) is 0 Å². The molecule has 2 heteroatoms. The first kappa shape index (κ1) is 12.3. The zero-order valence-electron chi connectivity index (χ0n) is 11.4. The van der Waals surface area contributed by atoms with Crippen LogP contribution < -0.4 is 0 Å². The fraction of sp³-hybridized carbons (Fsp3) is 0.412. The summed E-state index contributed by atoms with van der Waals surface area (Å²) in [5, 5.41) is 2.10.